The van der Waals surface area contributed by atoms with Gasteiger partial charge in [-0.15, -0.1) is 0 Å². The van der Waals surface area contributed by atoms with Gasteiger partial charge in [0.15, 0.2) is 12.4 Å². The molecule has 0 radical (unpaired) electrons. The molecule has 0 aliphatic heterocycles. The summed E-state index contributed by atoms with van der Waals surface area (Å²) < 4.78 is 5.24. The normalized spacial score (nSPS) is 9.55. The molecule has 1 heterocycles. The fourth-order valence-corrected chi connectivity index (χ4v) is 1.37. The number of benzene rings is 1. The number of carbonyl (C=O) groups excluding carboxylic acids is 1. The Morgan fingerprint density at radius 2 is 2.05 bits per heavy atom. The summed E-state index contributed by atoms with van der Waals surface area (Å²) in [4.78, 5) is 22.4. The van der Waals surface area contributed by atoms with E-state index in [1.165, 1.54) is 12.1 Å². The molecule has 0 unspecified atom stereocenters. The predicted molar refractivity (Wildman–Crippen MR) is 70.1 cm³/mol. The molecule has 7 nitrogen and oxygen atoms in total. The van der Waals surface area contributed by atoms with E-state index in [2.05, 4.69) is 15.5 Å². The van der Waals surface area contributed by atoms with Gasteiger partial charge in [-0.2, -0.15) is 10.4 Å². The number of nitriles is 1. The SMILES string of the molecule is N#Cc1ccc(OCC(=O)Nc2ccc(=O)[nH]n2)cc1. The maximum absolute atomic E-state index is 11.6. The highest BCUT2D eigenvalue weighted by molar-refractivity contribution is 5.90. The lowest BCUT2D eigenvalue weighted by Gasteiger charge is -2.06. The van der Waals surface area contributed by atoms with Crippen molar-refractivity contribution < 1.29 is 9.53 Å². The largest absolute Gasteiger partial charge is 0.484 e. The first kappa shape index (κ1) is 13.3. The highest BCUT2D eigenvalue weighted by Crippen LogP contribution is 2.11. The highest BCUT2D eigenvalue weighted by atomic mass is 16.5. The number of carbonyl (C=O) groups is 1. The molecule has 2 aromatic rings. The van der Waals surface area contributed by atoms with Gasteiger partial charge >= 0.3 is 0 Å². The molecule has 2 N–H and O–H groups in total. The van der Waals surface area contributed by atoms with Crippen LogP contribution in [-0.2, 0) is 4.79 Å². The molecule has 0 bridgehead atoms. The molecule has 1 amide bonds. The number of hydrogen-bond acceptors (Lipinski definition) is 5. The van der Waals surface area contributed by atoms with Crippen molar-refractivity contribution in [3.8, 4) is 11.8 Å². The van der Waals surface area contributed by atoms with E-state index in [1.807, 2.05) is 6.07 Å². The molecule has 0 saturated heterocycles. The number of nitrogens with zero attached hydrogens (tertiary/aromatic N) is 2. The lowest BCUT2D eigenvalue weighted by Crippen LogP contribution is -2.21. The van der Waals surface area contributed by atoms with E-state index in [4.69, 9.17) is 10.00 Å². The van der Waals surface area contributed by atoms with Crippen molar-refractivity contribution in [2.45, 2.75) is 0 Å². The third-order valence-electron chi connectivity index (χ3n) is 2.30. The molecule has 0 spiro atoms. The van der Waals surface area contributed by atoms with Crippen LogP contribution in [0, 0.1) is 11.3 Å². The standard InChI is InChI=1S/C13H10N4O3/c14-7-9-1-3-10(4-2-9)20-8-13(19)15-11-5-6-12(18)17-16-11/h1-6H,8H2,(H,17,18)(H,15,16,19). The van der Waals surface area contributed by atoms with Gasteiger partial charge in [0, 0.05) is 6.07 Å². The summed E-state index contributed by atoms with van der Waals surface area (Å²) in [6.07, 6.45) is 0. The average molecular weight is 270 g/mol. The average Bonchev–Trinajstić information content (AvgIpc) is 2.48. The van der Waals surface area contributed by atoms with Crippen LogP contribution in [0.3, 0.4) is 0 Å². The Morgan fingerprint density at radius 1 is 1.30 bits per heavy atom. The number of anilines is 1. The van der Waals surface area contributed by atoms with Crippen LogP contribution in [0.25, 0.3) is 0 Å². The monoisotopic (exact) mass is 270 g/mol. The topological polar surface area (TPSA) is 108 Å². The van der Waals surface area contributed by atoms with Crippen LogP contribution in [0.2, 0.25) is 0 Å². The van der Waals surface area contributed by atoms with Crippen molar-refractivity contribution in [1.82, 2.24) is 10.2 Å². The van der Waals surface area contributed by atoms with Crippen LogP contribution in [0.4, 0.5) is 5.82 Å². The summed E-state index contributed by atoms with van der Waals surface area (Å²) in [6.45, 7) is -0.202. The first-order valence-corrected chi connectivity index (χ1v) is 5.66. The Kier molecular flexibility index (Phi) is 4.09. The molecule has 1 aromatic heterocycles. The smallest absolute Gasteiger partial charge is 0.264 e. The maximum atomic E-state index is 11.6. The van der Waals surface area contributed by atoms with Crippen molar-refractivity contribution >= 4 is 11.7 Å². The van der Waals surface area contributed by atoms with Gasteiger partial charge in [0.1, 0.15) is 5.75 Å². The van der Waals surface area contributed by atoms with Gasteiger partial charge in [-0.25, -0.2) is 5.10 Å². The first-order valence-electron chi connectivity index (χ1n) is 5.66. The quantitative estimate of drug-likeness (QED) is 0.848. The molecule has 2 rings (SSSR count). The lowest BCUT2D eigenvalue weighted by atomic mass is 10.2. The van der Waals surface area contributed by atoms with E-state index in [9.17, 15) is 9.59 Å². The Balaban J connectivity index is 1.87. The van der Waals surface area contributed by atoms with Crippen molar-refractivity contribution in [2.24, 2.45) is 0 Å². The van der Waals surface area contributed by atoms with E-state index in [0.717, 1.165) is 0 Å². The van der Waals surface area contributed by atoms with E-state index in [1.54, 1.807) is 24.3 Å². The van der Waals surface area contributed by atoms with Gasteiger partial charge in [-0.1, -0.05) is 0 Å². The Bertz CT molecular complexity index is 680. The molecule has 20 heavy (non-hydrogen) atoms. The number of H-pyrrole nitrogens is 1. The number of hydrogen-bond donors (Lipinski definition) is 2. The number of nitrogens with one attached hydrogen (secondary N) is 2. The molecule has 7 heteroatoms. The molecule has 100 valence electrons. The Morgan fingerprint density at radius 3 is 2.65 bits per heavy atom. The Hall–Kier alpha value is -3.14. The molecular weight excluding hydrogens is 260 g/mol. The zero-order valence-corrected chi connectivity index (χ0v) is 10.3. The van der Waals surface area contributed by atoms with Gasteiger partial charge in [0.05, 0.1) is 11.6 Å². The number of amides is 1. The summed E-state index contributed by atoms with van der Waals surface area (Å²) in [5.74, 6) is 0.306. The van der Waals surface area contributed by atoms with Crippen molar-refractivity contribution in [3.63, 3.8) is 0 Å². The minimum Gasteiger partial charge on any atom is -0.484 e. The number of rotatable bonds is 4. The number of aromatic amines is 1. The van der Waals surface area contributed by atoms with E-state index < -0.39 is 5.91 Å². The third kappa shape index (κ3) is 3.68. The first-order chi connectivity index (χ1) is 9.67. The fraction of sp³-hybridized carbons (Fsp3) is 0.0769. The van der Waals surface area contributed by atoms with E-state index in [0.29, 0.717) is 11.3 Å². The number of aromatic nitrogens is 2. The summed E-state index contributed by atoms with van der Waals surface area (Å²) in [5.41, 5.74) is 0.163. The van der Waals surface area contributed by atoms with Gasteiger partial charge in [0.25, 0.3) is 11.5 Å². The molecule has 1 aromatic carbocycles. The van der Waals surface area contributed by atoms with Crippen molar-refractivity contribution in [2.75, 3.05) is 11.9 Å². The molecular formula is C13H10N4O3. The second-order valence-electron chi connectivity index (χ2n) is 3.78. The molecule has 0 aliphatic carbocycles. The van der Waals surface area contributed by atoms with Crippen LogP contribution in [-0.4, -0.2) is 22.7 Å². The summed E-state index contributed by atoms with van der Waals surface area (Å²) in [6, 6.07) is 11.0. The van der Waals surface area contributed by atoms with Crippen LogP contribution in [0.1, 0.15) is 5.56 Å². The third-order valence-corrected chi connectivity index (χ3v) is 2.30. The van der Waals surface area contributed by atoms with Gasteiger partial charge in [-0.3, -0.25) is 9.59 Å². The van der Waals surface area contributed by atoms with Gasteiger partial charge in [-0.05, 0) is 30.3 Å². The summed E-state index contributed by atoms with van der Waals surface area (Å²) >= 11 is 0. The van der Waals surface area contributed by atoms with Crippen LogP contribution < -0.4 is 15.6 Å². The molecule has 0 fully saturated rings. The molecule has 0 atom stereocenters. The van der Waals surface area contributed by atoms with Gasteiger partial charge < -0.3 is 10.1 Å². The van der Waals surface area contributed by atoms with Gasteiger partial charge in [0.2, 0.25) is 0 Å². The highest BCUT2D eigenvalue weighted by Gasteiger charge is 2.04. The minimum atomic E-state index is -0.408. The van der Waals surface area contributed by atoms with Crippen molar-refractivity contribution in [3.05, 3.63) is 52.3 Å². The predicted octanol–water partition coefficient (Wildman–Crippen LogP) is 0.659. The molecule has 0 saturated carbocycles. The van der Waals surface area contributed by atoms with Crippen molar-refractivity contribution in [1.29, 1.82) is 5.26 Å². The van der Waals surface area contributed by atoms with Crippen LogP contribution in [0.15, 0.2) is 41.2 Å². The second kappa shape index (κ2) is 6.15. The van der Waals surface area contributed by atoms with E-state index in [-0.39, 0.29) is 18.0 Å². The lowest BCUT2D eigenvalue weighted by molar-refractivity contribution is -0.118. The second-order valence-corrected chi connectivity index (χ2v) is 3.78. The van der Waals surface area contributed by atoms with Crippen LogP contribution in [0.5, 0.6) is 5.75 Å². The minimum absolute atomic E-state index is 0.202. The molecule has 0 aliphatic rings. The zero-order chi connectivity index (χ0) is 14.4. The number of ether oxygens (including phenoxy) is 1. The maximum Gasteiger partial charge on any atom is 0.264 e. The summed E-state index contributed by atoms with van der Waals surface area (Å²) in [5, 5.41) is 16.9. The van der Waals surface area contributed by atoms with E-state index >= 15 is 0 Å². The van der Waals surface area contributed by atoms with Crippen LogP contribution >= 0.6 is 0 Å². The Labute approximate surface area is 113 Å². The summed E-state index contributed by atoms with van der Waals surface area (Å²) in [7, 11) is 0. The zero-order valence-electron chi connectivity index (χ0n) is 10.3. The fourth-order valence-electron chi connectivity index (χ4n) is 1.37.